The Labute approximate surface area is 72.2 Å². The SMILES string of the molecule is CO/C=[N+](\[O-])C1=CCC(C)C=C1. The molecule has 12 heavy (non-hydrogen) atoms. The van der Waals surface area contributed by atoms with Crippen molar-refractivity contribution in [1.29, 1.82) is 0 Å². The molecule has 3 heteroatoms. The van der Waals surface area contributed by atoms with Crippen molar-refractivity contribution in [3.8, 4) is 0 Å². The van der Waals surface area contributed by atoms with Gasteiger partial charge in [0, 0.05) is 6.08 Å². The first-order valence-corrected chi connectivity index (χ1v) is 3.95. The van der Waals surface area contributed by atoms with Crippen LogP contribution in [0.1, 0.15) is 13.3 Å². The Hall–Kier alpha value is -1.25. The minimum absolute atomic E-state index is 0.532. The van der Waals surface area contributed by atoms with Gasteiger partial charge in [-0.15, -0.1) is 4.74 Å². The van der Waals surface area contributed by atoms with Gasteiger partial charge in [-0.25, -0.2) is 0 Å². The molecule has 0 aromatic carbocycles. The van der Waals surface area contributed by atoms with E-state index in [9.17, 15) is 5.21 Å². The molecule has 0 saturated heterocycles. The zero-order valence-electron chi connectivity index (χ0n) is 7.36. The highest BCUT2D eigenvalue weighted by atomic mass is 16.5. The number of rotatable bonds is 2. The summed E-state index contributed by atoms with van der Waals surface area (Å²) in [6, 6.07) is 0. The molecule has 3 nitrogen and oxygen atoms in total. The van der Waals surface area contributed by atoms with Gasteiger partial charge >= 0.3 is 6.40 Å². The van der Waals surface area contributed by atoms with Crippen LogP contribution in [0.2, 0.25) is 0 Å². The predicted molar refractivity (Wildman–Crippen MR) is 47.7 cm³/mol. The highest BCUT2D eigenvalue weighted by molar-refractivity contribution is 5.41. The van der Waals surface area contributed by atoms with E-state index < -0.39 is 0 Å². The highest BCUT2D eigenvalue weighted by Gasteiger charge is 2.08. The Balaban J connectivity index is 2.66. The first-order valence-electron chi connectivity index (χ1n) is 3.95. The van der Waals surface area contributed by atoms with E-state index in [4.69, 9.17) is 0 Å². The number of ether oxygens (including phenoxy) is 1. The Bertz CT molecular complexity index is 241. The van der Waals surface area contributed by atoms with Gasteiger partial charge in [0.25, 0.3) is 0 Å². The second-order valence-electron chi connectivity index (χ2n) is 2.87. The van der Waals surface area contributed by atoms with Crippen LogP contribution in [0.25, 0.3) is 0 Å². The number of nitrogens with zero attached hydrogens (tertiary/aromatic N) is 1. The minimum Gasteiger partial charge on any atom is -0.616 e. The summed E-state index contributed by atoms with van der Waals surface area (Å²) in [5.74, 6) is 0.532. The maximum Gasteiger partial charge on any atom is 0.341 e. The summed E-state index contributed by atoms with van der Waals surface area (Å²) in [6.45, 7) is 2.11. The van der Waals surface area contributed by atoms with Crippen molar-refractivity contribution in [3.05, 3.63) is 29.1 Å². The normalized spacial score (nSPS) is 23.7. The summed E-state index contributed by atoms with van der Waals surface area (Å²) in [5, 5.41) is 11.1. The average molecular weight is 167 g/mol. The number of allylic oxidation sites excluding steroid dienone is 3. The Morgan fingerprint density at radius 2 is 2.50 bits per heavy atom. The van der Waals surface area contributed by atoms with Crippen LogP contribution in [0.5, 0.6) is 0 Å². The van der Waals surface area contributed by atoms with Crippen LogP contribution in [0, 0.1) is 11.1 Å². The molecule has 0 bridgehead atoms. The van der Waals surface area contributed by atoms with Crippen LogP contribution in [0.3, 0.4) is 0 Å². The van der Waals surface area contributed by atoms with E-state index in [2.05, 4.69) is 11.7 Å². The Morgan fingerprint density at radius 1 is 1.75 bits per heavy atom. The summed E-state index contributed by atoms with van der Waals surface area (Å²) in [7, 11) is 1.46. The first-order chi connectivity index (χ1) is 5.74. The second kappa shape index (κ2) is 3.95. The third-order valence-electron chi connectivity index (χ3n) is 1.75. The lowest BCUT2D eigenvalue weighted by Gasteiger charge is -2.09. The van der Waals surface area contributed by atoms with Crippen molar-refractivity contribution >= 4 is 6.40 Å². The van der Waals surface area contributed by atoms with E-state index in [0.717, 1.165) is 17.6 Å². The van der Waals surface area contributed by atoms with Crippen LogP contribution in [-0.2, 0) is 4.74 Å². The first kappa shape index (κ1) is 8.84. The summed E-state index contributed by atoms with van der Waals surface area (Å²) in [6.07, 6.45) is 7.81. The molecule has 0 amide bonds. The zero-order chi connectivity index (χ0) is 8.97. The lowest BCUT2D eigenvalue weighted by Crippen LogP contribution is -2.07. The van der Waals surface area contributed by atoms with Crippen molar-refractivity contribution in [2.24, 2.45) is 5.92 Å². The third kappa shape index (κ3) is 2.12. The molecular weight excluding hydrogens is 154 g/mol. The lowest BCUT2D eigenvalue weighted by atomic mass is 10.0. The number of hydrogen-bond acceptors (Lipinski definition) is 2. The molecule has 1 aliphatic carbocycles. The van der Waals surface area contributed by atoms with Gasteiger partial charge in [0.2, 0.25) is 5.70 Å². The van der Waals surface area contributed by atoms with Gasteiger partial charge in [-0.05, 0) is 18.4 Å². The monoisotopic (exact) mass is 167 g/mol. The zero-order valence-corrected chi connectivity index (χ0v) is 7.36. The highest BCUT2D eigenvalue weighted by Crippen LogP contribution is 2.15. The molecule has 0 heterocycles. The third-order valence-corrected chi connectivity index (χ3v) is 1.75. The van der Waals surface area contributed by atoms with Crippen molar-refractivity contribution in [3.63, 3.8) is 0 Å². The molecule has 0 radical (unpaired) electrons. The maximum atomic E-state index is 11.1. The van der Waals surface area contributed by atoms with E-state index in [1.807, 2.05) is 18.2 Å². The summed E-state index contributed by atoms with van der Waals surface area (Å²) in [4.78, 5) is 0. The molecule has 0 spiro atoms. The van der Waals surface area contributed by atoms with Crippen LogP contribution in [0.15, 0.2) is 23.9 Å². The van der Waals surface area contributed by atoms with Crippen molar-refractivity contribution in [1.82, 2.24) is 0 Å². The quantitative estimate of drug-likeness (QED) is 0.206. The standard InChI is InChI=1S/C9H13NO2/c1-8-3-5-9(6-4-8)10(11)7-12-2/h3,5-8H,4H2,1-2H3/b10-7-. The van der Waals surface area contributed by atoms with Gasteiger partial charge in [0.05, 0.1) is 7.11 Å². The van der Waals surface area contributed by atoms with Crippen LogP contribution in [0.4, 0.5) is 0 Å². The van der Waals surface area contributed by atoms with Crippen molar-refractivity contribution < 1.29 is 9.48 Å². The molecule has 0 aromatic heterocycles. The Kier molecular flexibility index (Phi) is 2.91. The molecule has 0 N–H and O–H groups in total. The maximum absolute atomic E-state index is 11.1. The van der Waals surface area contributed by atoms with Gasteiger partial charge in [-0.2, -0.15) is 0 Å². The molecule has 1 rings (SSSR count). The lowest BCUT2D eigenvalue weighted by molar-refractivity contribution is -0.400. The van der Waals surface area contributed by atoms with Gasteiger partial charge < -0.3 is 9.94 Å². The van der Waals surface area contributed by atoms with E-state index in [1.165, 1.54) is 7.11 Å². The molecule has 0 aromatic rings. The van der Waals surface area contributed by atoms with Gasteiger partial charge in [-0.1, -0.05) is 13.0 Å². The van der Waals surface area contributed by atoms with Gasteiger partial charge in [-0.3, -0.25) is 0 Å². The molecule has 1 atom stereocenters. The topological polar surface area (TPSA) is 35.3 Å². The summed E-state index contributed by atoms with van der Waals surface area (Å²) < 4.78 is 5.32. The fraction of sp³-hybridized carbons (Fsp3) is 0.444. The smallest absolute Gasteiger partial charge is 0.341 e. The second-order valence-corrected chi connectivity index (χ2v) is 2.87. The fourth-order valence-corrected chi connectivity index (χ4v) is 1.04. The molecule has 66 valence electrons. The Morgan fingerprint density at radius 3 is 3.00 bits per heavy atom. The molecular formula is C9H13NO2. The van der Waals surface area contributed by atoms with Gasteiger partial charge in [0.15, 0.2) is 0 Å². The molecule has 0 saturated carbocycles. The van der Waals surface area contributed by atoms with Crippen molar-refractivity contribution in [2.75, 3.05) is 7.11 Å². The van der Waals surface area contributed by atoms with Crippen LogP contribution >= 0.6 is 0 Å². The largest absolute Gasteiger partial charge is 0.616 e. The van der Waals surface area contributed by atoms with Crippen molar-refractivity contribution in [2.45, 2.75) is 13.3 Å². The summed E-state index contributed by atoms with van der Waals surface area (Å²) >= 11 is 0. The summed E-state index contributed by atoms with van der Waals surface area (Å²) in [5.41, 5.74) is 0.648. The number of hydrogen-bond donors (Lipinski definition) is 0. The fourth-order valence-electron chi connectivity index (χ4n) is 1.04. The molecule has 0 fully saturated rings. The van der Waals surface area contributed by atoms with E-state index in [0.29, 0.717) is 11.6 Å². The predicted octanol–water partition coefficient (Wildman–Crippen LogP) is 1.65. The molecule has 1 aliphatic rings. The number of hydroxylamine groups is 1. The van der Waals surface area contributed by atoms with Crippen LogP contribution in [-0.4, -0.2) is 18.2 Å². The van der Waals surface area contributed by atoms with E-state index in [1.54, 1.807) is 0 Å². The molecule has 1 unspecified atom stereocenters. The van der Waals surface area contributed by atoms with Gasteiger partial charge in [0.1, 0.15) is 0 Å². The number of methoxy groups -OCH3 is 1. The molecule has 0 aliphatic heterocycles. The van der Waals surface area contributed by atoms with E-state index >= 15 is 0 Å². The average Bonchev–Trinajstić information content (AvgIpc) is 2.06. The minimum atomic E-state index is 0.532. The van der Waals surface area contributed by atoms with Crippen LogP contribution < -0.4 is 0 Å². The van der Waals surface area contributed by atoms with E-state index in [-0.39, 0.29) is 0 Å².